The van der Waals surface area contributed by atoms with Crippen LogP contribution in [-0.4, -0.2) is 28.0 Å². The molecule has 0 aliphatic heterocycles. The Bertz CT molecular complexity index is 593. The molecule has 0 aromatic heterocycles. The van der Waals surface area contributed by atoms with Crippen LogP contribution in [0.15, 0.2) is 0 Å². The first kappa shape index (κ1) is 19.4. The third kappa shape index (κ3) is 2.68. The largest absolute Gasteiger partial charge is 0.390 e. The number of halogens is 2. The molecule has 1 unspecified atom stereocenters. The van der Waals surface area contributed by atoms with Crippen molar-refractivity contribution < 1.29 is 14.3 Å². The average Bonchev–Trinajstić information content (AvgIpc) is 2.92. The summed E-state index contributed by atoms with van der Waals surface area (Å²) in [7, 11) is 0. The Morgan fingerprint density at radius 1 is 1.04 bits per heavy atom. The molecule has 4 aliphatic carbocycles. The maximum atomic E-state index is 15.4. The van der Waals surface area contributed by atoms with Gasteiger partial charge in [0, 0.05) is 5.92 Å². The highest BCUT2D eigenvalue weighted by atomic mass is 79.9. The summed E-state index contributed by atoms with van der Waals surface area (Å²) in [4.78, 5) is 12.6. The number of hydrogen-bond acceptors (Lipinski definition) is 2. The van der Waals surface area contributed by atoms with Crippen molar-refractivity contribution in [1.29, 1.82) is 0 Å². The van der Waals surface area contributed by atoms with E-state index in [1.807, 2.05) is 6.92 Å². The molecule has 0 heterocycles. The van der Waals surface area contributed by atoms with E-state index in [1.54, 1.807) is 0 Å². The van der Waals surface area contributed by atoms with E-state index < -0.39 is 11.8 Å². The van der Waals surface area contributed by atoms with Gasteiger partial charge in [-0.25, -0.2) is 4.39 Å². The Morgan fingerprint density at radius 3 is 2.46 bits per heavy atom. The molecule has 26 heavy (non-hydrogen) atoms. The van der Waals surface area contributed by atoms with E-state index in [4.69, 9.17) is 0 Å². The lowest BCUT2D eigenvalue weighted by Gasteiger charge is -2.63. The number of carbonyl (C=O) groups excluding carboxylic acids is 1. The van der Waals surface area contributed by atoms with Crippen LogP contribution in [0.3, 0.4) is 0 Å². The maximum Gasteiger partial charge on any atom is 0.147 e. The van der Waals surface area contributed by atoms with E-state index in [0.29, 0.717) is 41.7 Å². The highest BCUT2D eigenvalue weighted by molar-refractivity contribution is 9.09. The molecule has 4 heteroatoms. The number of ketones is 1. The second kappa shape index (κ2) is 6.27. The standard InChI is InChI=1S/C22H34BrFO2/c1-20(26)8-6-13-14(10-20)17(24)11-22(3)15(13)7-9-21(2)16(18(25)12-23)4-5-19(21)22/h13-17,19,26H,4-12H2,1-3H3/t13-,14-,15+,16+,17+,19+,20+,21+,22?/m0/s1. The quantitative estimate of drug-likeness (QED) is 0.605. The zero-order valence-electron chi connectivity index (χ0n) is 16.4. The molecule has 4 rings (SSSR count). The Morgan fingerprint density at radius 2 is 1.77 bits per heavy atom. The number of aliphatic hydroxyl groups is 1. The third-order valence-corrected chi connectivity index (χ3v) is 9.90. The second-order valence-corrected chi connectivity index (χ2v) is 11.3. The number of Topliss-reactive ketones (excluding diaryl/α,β-unsaturated/α-hetero) is 1. The second-order valence-electron chi connectivity index (χ2n) is 10.7. The van der Waals surface area contributed by atoms with E-state index in [2.05, 4.69) is 29.8 Å². The van der Waals surface area contributed by atoms with Gasteiger partial charge >= 0.3 is 0 Å². The van der Waals surface area contributed by atoms with Crippen molar-refractivity contribution in [3.63, 3.8) is 0 Å². The summed E-state index contributed by atoms with van der Waals surface area (Å²) in [5.74, 6) is 1.96. The molecule has 0 bridgehead atoms. The van der Waals surface area contributed by atoms with Crippen LogP contribution < -0.4 is 0 Å². The Hall–Kier alpha value is 0.0400. The van der Waals surface area contributed by atoms with Crippen LogP contribution in [0, 0.1) is 40.4 Å². The minimum Gasteiger partial charge on any atom is -0.390 e. The van der Waals surface area contributed by atoms with Gasteiger partial charge in [0.1, 0.15) is 12.0 Å². The summed E-state index contributed by atoms with van der Waals surface area (Å²) >= 11 is 3.38. The Balaban J connectivity index is 1.65. The molecule has 2 nitrogen and oxygen atoms in total. The summed E-state index contributed by atoms with van der Waals surface area (Å²) in [5, 5.41) is 10.9. The number of fused-ring (bicyclic) bond motifs is 5. The van der Waals surface area contributed by atoms with Crippen LogP contribution in [-0.2, 0) is 4.79 Å². The molecule has 0 spiro atoms. The zero-order chi connectivity index (χ0) is 18.9. The summed E-state index contributed by atoms with van der Waals surface area (Å²) < 4.78 is 15.4. The van der Waals surface area contributed by atoms with Crippen LogP contribution in [0.4, 0.5) is 4.39 Å². The fraction of sp³-hybridized carbons (Fsp3) is 0.955. The molecule has 148 valence electrons. The number of carbonyl (C=O) groups is 1. The van der Waals surface area contributed by atoms with E-state index in [9.17, 15) is 9.90 Å². The molecule has 4 saturated carbocycles. The minimum atomic E-state index is -0.804. The molecule has 0 amide bonds. The van der Waals surface area contributed by atoms with Gasteiger partial charge in [-0.1, -0.05) is 29.8 Å². The maximum absolute atomic E-state index is 15.4. The summed E-state index contributed by atoms with van der Waals surface area (Å²) in [6, 6.07) is 0. The van der Waals surface area contributed by atoms with Crippen LogP contribution in [0.2, 0.25) is 0 Å². The zero-order valence-corrected chi connectivity index (χ0v) is 18.0. The fourth-order valence-electron chi connectivity index (χ4n) is 8.26. The highest BCUT2D eigenvalue weighted by Crippen LogP contribution is 2.70. The van der Waals surface area contributed by atoms with E-state index in [-0.39, 0.29) is 22.7 Å². The monoisotopic (exact) mass is 428 g/mol. The Labute approximate surface area is 165 Å². The molecule has 1 N–H and O–H groups in total. The molecule has 0 saturated heterocycles. The topological polar surface area (TPSA) is 37.3 Å². The van der Waals surface area contributed by atoms with Crippen molar-refractivity contribution in [2.75, 3.05) is 5.33 Å². The molecule has 9 atom stereocenters. The third-order valence-electron chi connectivity index (χ3n) is 9.35. The smallest absolute Gasteiger partial charge is 0.147 e. The molecule has 0 aromatic carbocycles. The Kier molecular flexibility index (Phi) is 4.67. The summed E-state index contributed by atoms with van der Waals surface area (Å²) in [6.07, 6.45) is 6.52. The van der Waals surface area contributed by atoms with Crippen molar-refractivity contribution >= 4 is 21.7 Å². The first-order chi connectivity index (χ1) is 12.1. The van der Waals surface area contributed by atoms with Gasteiger partial charge in [0.15, 0.2) is 0 Å². The molecule has 4 fully saturated rings. The summed E-state index contributed by atoms with van der Waals surface area (Å²) in [6.45, 7) is 6.55. The van der Waals surface area contributed by atoms with E-state index >= 15 is 4.39 Å². The molecular weight excluding hydrogens is 395 g/mol. The average molecular weight is 429 g/mol. The van der Waals surface area contributed by atoms with Gasteiger partial charge in [0.2, 0.25) is 0 Å². The highest BCUT2D eigenvalue weighted by Gasteiger charge is 2.65. The molecule has 0 aromatic rings. The van der Waals surface area contributed by atoms with Gasteiger partial charge < -0.3 is 5.11 Å². The lowest BCUT2D eigenvalue weighted by molar-refractivity contribution is -0.170. The molecule has 4 aliphatic rings. The lowest BCUT2D eigenvalue weighted by Crippen LogP contribution is -2.59. The van der Waals surface area contributed by atoms with Gasteiger partial charge in [-0.2, -0.15) is 0 Å². The number of rotatable bonds is 2. The van der Waals surface area contributed by atoms with Crippen molar-refractivity contribution in [2.45, 2.75) is 83.9 Å². The fourth-order valence-corrected chi connectivity index (χ4v) is 8.65. The predicted octanol–water partition coefficient (Wildman–Crippen LogP) is 5.31. The summed E-state index contributed by atoms with van der Waals surface area (Å²) in [5.41, 5.74) is -0.635. The lowest BCUT2D eigenvalue weighted by atomic mass is 9.42. The van der Waals surface area contributed by atoms with Gasteiger partial charge in [-0.3, -0.25) is 4.79 Å². The van der Waals surface area contributed by atoms with Crippen LogP contribution in [0.5, 0.6) is 0 Å². The van der Waals surface area contributed by atoms with Crippen molar-refractivity contribution in [1.82, 2.24) is 0 Å². The number of alkyl halides is 2. The normalized spacial score (nSPS) is 56.4. The van der Waals surface area contributed by atoms with Gasteiger partial charge in [0.25, 0.3) is 0 Å². The van der Waals surface area contributed by atoms with Crippen LogP contribution >= 0.6 is 15.9 Å². The molecule has 0 radical (unpaired) electrons. The minimum absolute atomic E-state index is 0.0120. The SMILES string of the molecule is CC12C[C@@H](F)[C@H]3C[C@](C)(O)CC[C@@H]3[C@H]1CC[C@]1(C)[C@@H](C(=O)CBr)CC[C@@H]21. The first-order valence-electron chi connectivity index (χ1n) is 10.6. The van der Waals surface area contributed by atoms with Gasteiger partial charge in [-0.15, -0.1) is 0 Å². The van der Waals surface area contributed by atoms with E-state index in [0.717, 1.165) is 38.5 Å². The van der Waals surface area contributed by atoms with Gasteiger partial charge in [0.05, 0.1) is 10.9 Å². The molecular formula is C22H34BrFO2. The van der Waals surface area contributed by atoms with Crippen LogP contribution in [0.1, 0.15) is 72.1 Å². The van der Waals surface area contributed by atoms with Crippen molar-refractivity contribution in [2.24, 2.45) is 40.4 Å². The van der Waals surface area contributed by atoms with Crippen molar-refractivity contribution in [3.8, 4) is 0 Å². The van der Waals surface area contributed by atoms with Crippen LogP contribution in [0.25, 0.3) is 0 Å². The predicted molar refractivity (Wildman–Crippen MR) is 105 cm³/mol. The van der Waals surface area contributed by atoms with Crippen molar-refractivity contribution in [3.05, 3.63) is 0 Å². The first-order valence-corrected chi connectivity index (χ1v) is 11.7. The number of hydrogen-bond donors (Lipinski definition) is 1. The van der Waals surface area contributed by atoms with Gasteiger partial charge in [-0.05, 0) is 92.8 Å². The van der Waals surface area contributed by atoms with E-state index in [1.165, 1.54) is 0 Å².